The maximum absolute atomic E-state index is 11.7. The molecule has 0 radical (unpaired) electrons. The number of rotatable bonds is 5. The van der Waals surface area contributed by atoms with Crippen LogP contribution < -0.4 is 4.74 Å². The van der Waals surface area contributed by atoms with E-state index in [2.05, 4.69) is 0 Å². The summed E-state index contributed by atoms with van der Waals surface area (Å²) in [4.78, 5) is 23.4. The minimum atomic E-state index is -0.981. The minimum Gasteiger partial charge on any atom is -0.454 e. The molecule has 110 valence electrons. The lowest BCUT2D eigenvalue weighted by atomic mass is 9.97. The first-order valence-corrected chi connectivity index (χ1v) is 6.88. The average molecular weight is 278 g/mol. The first-order valence-electron chi connectivity index (χ1n) is 6.88. The molecule has 4 nitrogen and oxygen atoms in total. The van der Waals surface area contributed by atoms with Crippen molar-refractivity contribution in [3.63, 3.8) is 0 Å². The smallest absolute Gasteiger partial charge is 0.422 e. The van der Waals surface area contributed by atoms with Crippen LogP contribution in [0.15, 0.2) is 30.3 Å². The van der Waals surface area contributed by atoms with E-state index in [1.165, 1.54) is 0 Å². The van der Waals surface area contributed by atoms with E-state index in [4.69, 9.17) is 9.47 Å². The summed E-state index contributed by atoms with van der Waals surface area (Å²) in [6.07, 6.45) is 0.452. The van der Waals surface area contributed by atoms with Gasteiger partial charge in [0.2, 0.25) is 0 Å². The Morgan fingerprint density at radius 1 is 1.00 bits per heavy atom. The molecule has 1 aromatic rings. The van der Waals surface area contributed by atoms with E-state index in [9.17, 15) is 9.59 Å². The van der Waals surface area contributed by atoms with Crippen LogP contribution in [0.5, 0.6) is 5.75 Å². The van der Waals surface area contributed by atoms with Gasteiger partial charge in [0, 0.05) is 0 Å². The number of ether oxygens (including phenoxy) is 2. The fourth-order valence-electron chi connectivity index (χ4n) is 1.74. The van der Waals surface area contributed by atoms with E-state index >= 15 is 0 Å². The molecular formula is C16H22O4. The minimum absolute atomic E-state index is 0.158. The van der Waals surface area contributed by atoms with Gasteiger partial charge in [0.1, 0.15) is 11.9 Å². The van der Waals surface area contributed by atoms with Crippen molar-refractivity contribution < 1.29 is 19.1 Å². The Hall–Kier alpha value is -1.84. The molecule has 1 atom stereocenters. The molecule has 0 bridgehead atoms. The normalized spacial score (nSPS) is 12.3. The second kappa shape index (κ2) is 7.68. The monoisotopic (exact) mass is 278 g/mol. The van der Waals surface area contributed by atoms with Crippen molar-refractivity contribution in [2.45, 2.75) is 40.2 Å². The van der Waals surface area contributed by atoms with Gasteiger partial charge in [-0.25, -0.2) is 9.59 Å². The number of para-hydroxylation sites is 1. The average Bonchev–Trinajstić information content (AvgIpc) is 2.38. The van der Waals surface area contributed by atoms with Crippen LogP contribution in [0.2, 0.25) is 0 Å². The third kappa shape index (κ3) is 5.43. The van der Waals surface area contributed by atoms with Crippen LogP contribution in [0.3, 0.4) is 0 Å². The molecule has 0 aliphatic rings. The third-order valence-corrected chi connectivity index (χ3v) is 2.83. The Morgan fingerprint density at radius 2 is 1.60 bits per heavy atom. The fraction of sp³-hybridized carbons (Fsp3) is 0.500. The van der Waals surface area contributed by atoms with Crippen LogP contribution in [0.25, 0.3) is 0 Å². The van der Waals surface area contributed by atoms with E-state index in [1.54, 1.807) is 30.3 Å². The summed E-state index contributed by atoms with van der Waals surface area (Å²) >= 11 is 0. The van der Waals surface area contributed by atoms with E-state index < -0.39 is 11.9 Å². The second-order valence-electron chi connectivity index (χ2n) is 5.52. The van der Waals surface area contributed by atoms with Crippen molar-refractivity contribution >= 4 is 11.9 Å². The SMILES string of the molecule is CC(C)CC(OC(=O)C(=O)Oc1ccccc1)C(C)C. The van der Waals surface area contributed by atoms with Crippen molar-refractivity contribution in [2.75, 3.05) is 0 Å². The lowest BCUT2D eigenvalue weighted by Gasteiger charge is -2.22. The molecule has 0 aliphatic heterocycles. The number of carbonyl (C=O) groups excluding carboxylic acids is 2. The topological polar surface area (TPSA) is 52.6 Å². The van der Waals surface area contributed by atoms with Gasteiger partial charge >= 0.3 is 11.9 Å². The number of hydrogen-bond donors (Lipinski definition) is 0. The molecule has 1 rings (SSSR count). The van der Waals surface area contributed by atoms with E-state index in [0.717, 1.165) is 6.42 Å². The summed E-state index contributed by atoms with van der Waals surface area (Å²) in [7, 11) is 0. The van der Waals surface area contributed by atoms with Crippen LogP contribution in [0.1, 0.15) is 34.1 Å². The molecule has 0 spiro atoms. The maximum Gasteiger partial charge on any atom is 0.422 e. The van der Waals surface area contributed by atoms with Gasteiger partial charge in [-0.1, -0.05) is 45.9 Å². The summed E-state index contributed by atoms with van der Waals surface area (Å²) in [6.45, 7) is 8.02. The molecule has 1 aromatic carbocycles. The molecule has 20 heavy (non-hydrogen) atoms. The Kier molecular flexibility index (Phi) is 6.22. The number of benzene rings is 1. The van der Waals surface area contributed by atoms with Crippen LogP contribution in [-0.2, 0) is 14.3 Å². The van der Waals surface area contributed by atoms with Crippen molar-refractivity contribution in [3.8, 4) is 5.75 Å². The van der Waals surface area contributed by atoms with E-state index in [1.807, 2.05) is 27.7 Å². The maximum atomic E-state index is 11.7. The fourth-order valence-corrected chi connectivity index (χ4v) is 1.74. The van der Waals surface area contributed by atoms with Crippen LogP contribution in [0, 0.1) is 11.8 Å². The van der Waals surface area contributed by atoms with Crippen molar-refractivity contribution in [1.29, 1.82) is 0 Å². The lowest BCUT2D eigenvalue weighted by molar-refractivity contribution is -0.167. The predicted octanol–water partition coefficient (Wildman–Crippen LogP) is 3.21. The van der Waals surface area contributed by atoms with E-state index in [-0.39, 0.29) is 12.0 Å². The zero-order valence-corrected chi connectivity index (χ0v) is 12.5. The van der Waals surface area contributed by atoms with Gasteiger partial charge in [0.25, 0.3) is 0 Å². The van der Waals surface area contributed by atoms with Crippen molar-refractivity contribution in [3.05, 3.63) is 30.3 Å². The third-order valence-electron chi connectivity index (χ3n) is 2.83. The largest absolute Gasteiger partial charge is 0.454 e. The molecule has 0 aromatic heterocycles. The predicted molar refractivity (Wildman–Crippen MR) is 76.3 cm³/mol. The Labute approximate surface area is 120 Å². The zero-order valence-electron chi connectivity index (χ0n) is 12.5. The highest BCUT2D eigenvalue weighted by molar-refractivity contribution is 6.30. The summed E-state index contributed by atoms with van der Waals surface area (Å²) in [5.41, 5.74) is 0. The van der Waals surface area contributed by atoms with Crippen molar-refractivity contribution in [2.24, 2.45) is 11.8 Å². The molecule has 0 aliphatic carbocycles. The van der Waals surface area contributed by atoms with Gasteiger partial charge in [-0.15, -0.1) is 0 Å². The van der Waals surface area contributed by atoms with Crippen LogP contribution in [-0.4, -0.2) is 18.0 Å². The Balaban J connectivity index is 2.58. The first-order chi connectivity index (χ1) is 9.40. The highest BCUT2D eigenvalue weighted by atomic mass is 16.6. The van der Waals surface area contributed by atoms with Gasteiger partial charge in [-0.3, -0.25) is 0 Å². The second-order valence-corrected chi connectivity index (χ2v) is 5.52. The summed E-state index contributed by atoms with van der Waals surface area (Å²) in [5, 5.41) is 0. The number of carbonyl (C=O) groups is 2. The Bertz CT molecular complexity index is 437. The highest BCUT2D eigenvalue weighted by Crippen LogP contribution is 2.17. The van der Waals surface area contributed by atoms with E-state index in [0.29, 0.717) is 11.7 Å². The van der Waals surface area contributed by atoms with Crippen LogP contribution >= 0.6 is 0 Å². The van der Waals surface area contributed by atoms with Crippen LogP contribution in [0.4, 0.5) is 0 Å². The Morgan fingerprint density at radius 3 is 2.10 bits per heavy atom. The summed E-state index contributed by atoms with van der Waals surface area (Å²) in [5.74, 6) is -1.04. The van der Waals surface area contributed by atoms with Gasteiger partial charge in [0.05, 0.1) is 0 Å². The highest BCUT2D eigenvalue weighted by Gasteiger charge is 2.25. The van der Waals surface area contributed by atoms with Crippen molar-refractivity contribution in [1.82, 2.24) is 0 Å². The standard InChI is InChI=1S/C16H22O4/c1-11(2)10-14(12(3)4)20-16(18)15(17)19-13-8-6-5-7-9-13/h5-9,11-12,14H,10H2,1-4H3. The molecule has 0 saturated heterocycles. The molecule has 0 heterocycles. The van der Waals surface area contributed by atoms with Gasteiger partial charge in [-0.2, -0.15) is 0 Å². The molecule has 1 unspecified atom stereocenters. The van der Waals surface area contributed by atoms with Gasteiger partial charge in [-0.05, 0) is 30.4 Å². The van der Waals surface area contributed by atoms with Gasteiger partial charge < -0.3 is 9.47 Å². The molecule has 0 saturated carbocycles. The quantitative estimate of drug-likeness (QED) is 0.471. The lowest BCUT2D eigenvalue weighted by Crippen LogP contribution is -2.31. The number of hydrogen-bond acceptors (Lipinski definition) is 4. The zero-order chi connectivity index (χ0) is 15.1. The summed E-state index contributed by atoms with van der Waals surface area (Å²) in [6, 6.07) is 8.47. The number of esters is 2. The summed E-state index contributed by atoms with van der Waals surface area (Å²) < 4.78 is 10.2. The molecule has 0 amide bonds. The molecule has 4 heteroatoms. The molecule has 0 N–H and O–H groups in total. The molecule has 0 fully saturated rings. The van der Waals surface area contributed by atoms with Gasteiger partial charge in [0.15, 0.2) is 0 Å². The molecular weight excluding hydrogens is 256 g/mol. The first kappa shape index (κ1) is 16.2.